The van der Waals surface area contributed by atoms with E-state index in [1.807, 2.05) is 0 Å². The number of hydrogen-bond donors (Lipinski definition) is 0. The normalized spacial score (nSPS) is 10.8. The fraction of sp³-hybridized carbons (Fsp3) is 0.840. The predicted molar refractivity (Wildman–Crippen MR) is 117 cm³/mol. The van der Waals surface area contributed by atoms with Gasteiger partial charge < -0.3 is 0 Å². The lowest BCUT2D eigenvalue weighted by atomic mass is 9.98. The van der Waals surface area contributed by atoms with Crippen LogP contribution in [0.2, 0.25) is 0 Å². The Morgan fingerprint density at radius 2 is 1.00 bits per heavy atom. The van der Waals surface area contributed by atoms with Crippen molar-refractivity contribution in [1.82, 2.24) is 0 Å². The van der Waals surface area contributed by atoms with Crippen molar-refractivity contribution < 1.29 is 0 Å². The molecule has 0 aliphatic carbocycles. The summed E-state index contributed by atoms with van der Waals surface area (Å²) in [6.45, 7) is 11.2. The Kier molecular flexibility index (Phi) is 19.4. The molecule has 0 aromatic rings. The van der Waals surface area contributed by atoms with E-state index < -0.39 is 0 Å². The Balaban J connectivity index is 3.82. The molecule has 0 unspecified atom stereocenters. The lowest BCUT2D eigenvalue weighted by Crippen LogP contribution is -1.88. The zero-order valence-electron chi connectivity index (χ0n) is 18.0. The average Bonchev–Trinajstić information content (AvgIpc) is 2.61. The van der Waals surface area contributed by atoms with Crippen LogP contribution in [-0.2, 0) is 0 Å². The van der Waals surface area contributed by atoms with E-state index in [1.165, 1.54) is 121 Å². The maximum absolute atomic E-state index is 4.31. The molecule has 0 spiro atoms. The van der Waals surface area contributed by atoms with Crippen LogP contribution in [0.15, 0.2) is 23.8 Å². The first-order chi connectivity index (χ1) is 12.2. The van der Waals surface area contributed by atoms with Crippen LogP contribution in [-0.4, -0.2) is 0 Å². The van der Waals surface area contributed by atoms with Gasteiger partial charge in [0, 0.05) is 0 Å². The van der Waals surface area contributed by atoms with Gasteiger partial charge >= 0.3 is 0 Å². The maximum atomic E-state index is 4.31. The molecule has 0 aliphatic rings. The van der Waals surface area contributed by atoms with Crippen LogP contribution in [0.1, 0.15) is 136 Å². The molecule has 0 atom stereocenters. The second-order valence-corrected chi connectivity index (χ2v) is 7.94. The third-order valence-electron chi connectivity index (χ3n) is 5.25. The van der Waals surface area contributed by atoms with E-state index in [9.17, 15) is 0 Å². The van der Waals surface area contributed by atoms with E-state index in [1.54, 1.807) is 5.57 Å². The molecule has 0 aromatic carbocycles. The minimum Gasteiger partial charge on any atom is -0.0999 e. The summed E-state index contributed by atoms with van der Waals surface area (Å²) in [5, 5.41) is 0. The van der Waals surface area contributed by atoms with Gasteiger partial charge in [0.2, 0.25) is 0 Å². The van der Waals surface area contributed by atoms with Gasteiger partial charge in [-0.1, -0.05) is 102 Å². The van der Waals surface area contributed by atoms with E-state index in [2.05, 4.69) is 33.4 Å². The van der Waals surface area contributed by atoms with Crippen molar-refractivity contribution in [3.63, 3.8) is 0 Å². The minimum absolute atomic E-state index is 1.24. The molecule has 0 heterocycles. The molecule has 0 N–H and O–H groups in total. The molecule has 0 heteroatoms. The topological polar surface area (TPSA) is 0 Å². The third kappa shape index (κ3) is 18.1. The summed E-state index contributed by atoms with van der Waals surface area (Å²) >= 11 is 0. The molecule has 0 radical (unpaired) electrons. The molecule has 0 rings (SSSR count). The maximum Gasteiger partial charge on any atom is -0.0320 e. The molecule has 0 bridgehead atoms. The van der Waals surface area contributed by atoms with Gasteiger partial charge in [-0.2, -0.15) is 0 Å². The number of allylic oxidation sites excluding steroid dienone is 3. The van der Waals surface area contributed by atoms with Gasteiger partial charge in [0.15, 0.2) is 0 Å². The second kappa shape index (κ2) is 19.8. The van der Waals surface area contributed by atoms with Gasteiger partial charge in [-0.05, 0) is 57.8 Å². The van der Waals surface area contributed by atoms with E-state index in [0.29, 0.717) is 0 Å². The van der Waals surface area contributed by atoms with Crippen LogP contribution < -0.4 is 0 Å². The summed E-state index contributed by atoms with van der Waals surface area (Å²) in [6, 6.07) is 0. The summed E-state index contributed by atoms with van der Waals surface area (Å²) in [7, 11) is 0. The van der Waals surface area contributed by atoms with Crippen molar-refractivity contribution in [3.05, 3.63) is 23.8 Å². The van der Waals surface area contributed by atoms with Crippen molar-refractivity contribution in [3.8, 4) is 0 Å². The SMILES string of the molecule is C=C(CCCC=C(CCCCC)CCCCC)CCCCCCCC. The second-order valence-electron chi connectivity index (χ2n) is 7.94. The summed E-state index contributed by atoms with van der Waals surface area (Å²) in [6.07, 6.45) is 26.9. The highest BCUT2D eigenvalue weighted by molar-refractivity contribution is 5.03. The smallest absolute Gasteiger partial charge is 0.0320 e. The van der Waals surface area contributed by atoms with Crippen molar-refractivity contribution in [1.29, 1.82) is 0 Å². The van der Waals surface area contributed by atoms with Crippen LogP contribution >= 0.6 is 0 Å². The van der Waals surface area contributed by atoms with Gasteiger partial charge in [0.1, 0.15) is 0 Å². The first-order valence-electron chi connectivity index (χ1n) is 11.6. The van der Waals surface area contributed by atoms with Crippen LogP contribution in [0, 0.1) is 0 Å². The van der Waals surface area contributed by atoms with Gasteiger partial charge in [0.05, 0.1) is 0 Å². The van der Waals surface area contributed by atoms with Gasteiger partial charge in [-0.15, -0.1) is 0 Å². The number of unbranched alkanes of at least 4 members (excludes halogenated alkanes) is 10. The minimum atomic E-state index is 1.24. The highest BCUT2D eigenvalue weighted by Gasteiger charge is 2.00. The predicted octanol–water partition coefficient (Wildman–Crippen LogP) is 9.55. The highest BCUT2D eigenvalue weighted by Crippen LogP contribution is 2.20. The molecule has 0 amide bonds. The molecule has 148 valence electrons. The van der Waals surface area contributed by atoms with E-state index >= 15 is 0 Å². The third-order valence-corrected chi connectivity index (χ3v) is 5.25. The van der Waals surface area contributed by atoms with Crippen LogP contribution in [0.5, 0.6) is 0 Å². The Morgan fingerprint density at radius 1 is 0.560 bits per heavy atom. The van der Waals surface area contributed by atoms with E-state index in [0.717, 1.165) is 0 Å². The largest absolute Gasteiger partial charge is 0.0999 e. The summed E-state index contributed by atoms with van der Waals surface area (Å²) < 4.78 is 0. The molecule has 0 saturated carbocycles. The van der Waals surface area contributed by atoms with Crippen molar-refractivity contribution in [2.24, 2.45) is 0 Å². The molecular weight excluding hydrogens is 300 g/mol. The van der Waals surface area contributed by atoms with Gasteiger partial charge in [-0.25, -0.2) is 0 Å². The molecule has 0 aliphatic heterocycles. The lowest BCUT2D eigenvalue weighted by molar-refractivity contribution is 0.600. The first kappa shape index (κ1) is 24.5. The summed E-state index contributed by atoms with van der Waals surface area (Å²) in [5.74, 6) is 0. The van der Waals surface area contributed by atoms with Crippen LogP contribution in [0.4, 0.5) is 0 Å². The highest BCUT2D eigenvalue weighted by atomic mass is 14.1. The summed E-state index contributed by atoms with van der Waals surface area (Å²) in [4.78, 5) is 0. The molecule has 0 aromatic heterocycles. The Bertz CT molecular complexity index is 298. The van der Waals surface area contributed by atoms with Crippen molar-refractivity contribution >= 4 is 0 Å². The Hall–Kier alpha value is -0.520. The lowest BCUT2D eigenvalue weighted by Gasteiger charge is -2.08. The van der Waals surface area contributed by atoms with Gasteiger partial charge in [-0.3, -0.25) is 0 Å². The van der Waals surface area contributed by atoms with Crippen LogP contribution in [0.25, 0.3) is 0 Å². The van der Waals surface area contributed by atoms with Crippen LogP contribution in [0.3, 0.4) is 0 Å². The summed E-state index contributed by atoms with van der Waals surface area (Å²) in [5.41, 5.74) is 3.23. The van der Waals surface area contributed by atoms with E-state index in [4.69, 9.17) is 0 Å². The monoisotopic (exact) mass is 348 g/mol. The molecule has 0 fully saturated rings. The standard InChI is InChI=1S/C25H48/c1-5-8-11-12-13-16-19-24(4)20-17-18-23-25(21-14-9-6-2)22-15-10-7-3/h23H,4-22H2,1-3H3. The fourth-order valence-electron chi connectivity index (χ4n) is 3.47. The van der Waals surface area contributed by atoms with Gasteiger partial charge in [0.25, 0.3) is 0 Å². The fourth-order valence-corrected chi connectivity index (χ4v) is 3.47. The zero-order chi connectivity index (χ0) is 18.6. The zero-order valence-corrected chi connectivity index (χ0v) is 18.0. The molecular formula is C25H48. The molecule has 0 saturated heterocycles. The van der Waals surface area contributed by atoms with E-state index in [-0.39, 0.29) is 0 Å². The quantitative estimate of drug-likeness (QED) is 0.161. The average molecular weight is 349 g/mol. The molecule has 25 heavy (non-hydrogen) atoms. The Morgan fingerprint density at radius 3 is 1.60 bits per heavy atom. The Labute approximate surface area is 160 Å². The van der Waals surface area contributed by atoms with Crippen molar-refractivity contribution in [2.45, 2.75) is 136 Å². The number of rotatable bonds is 19. The first-order valence-corrected chi connectivity index (χ1v) is 11.6. The molecule has 0 nitrogen and oxygen atoms in total. The number of hydrogen-bond acceptors (Lipinski definition) is 0. The van der Waals surface area contributed by atoms with Crippen molar-refractivity contribution in [2.75, 3.05) is 0 Å².